The highest BCUT2D eigenvalue weighted by atomic mass is 16.5. The third-order valence-electron chi connectivity index (χ3n) is 5.09. The van der Waals surface area contributed by atoms with Gasteiger partial charge in [0.15, 0.2) is 5.82 Å². The van der Waals surface area contributed by atoms with Gasteiger partial charge in [-0.25, -0.2) is 0 Å². The minimum Gasteiger partial charge on any atom is -0.460 e. The van der Waals surface area contributed by atoms with Crippen LogP contribution in [0.5, 0.6) is 6.01 Å². The van der Waals surface area contributed by atoms with Crippen molar-refractivity contribution < 1.29 is 14.6 Å². The second-order valence-electron chi connectivity index (χ2n) is 8.43. The number of hydrazone groups is 1. The Balaban J connectivity index is 1.58. The first kappa shape index (κ1) is 20.6. The molecule has 0 amide bonds. The van der Waals surface area contributed by atoms with Crippen molar-refractivity contribution in [2.24, 2.45) is 5.10 Å². The average molecular weight is 412 g/mol. The van der Waals surface area contributed by atoms with Gasteiger partial charge in [0.25, 0.3) is 0 Å². The van der Waals surface area contributed by atoms with Crippen LogP contribution in [0.25, 0.3) is 0 Å². The molecule has 160 valence electrons. The molecule has 1 aliphatic carbocycles. The van der Waals surface area contributed by atoms with Crippen molar-refractivity contribution >= 4 is 17.3 Å². The summed E-state index contributed by atoms with van der Waals surface area (Å²) in [7, 11) is 0. The van der Waals surface area contributed by atoms with E-state index in [0.717, 1.165) is 37.5 Å². The molecule has 0 bridgehead atoms. The third-order valence-corrected chi connectivity index (χ3v) is 5.09. The number of nitrogens with one attached hydrogen (secondary N) is 1. The van der Waals surface area contributed by atoms with Crippen molar-refractivity contribution in [2.75, 3.05) is 43.2 Å². The first-order valence-electron chi connectivity index (χ1n) is 10.4. The van der Waals surface area contributed by atoms with Gasteiger partial charge in [-0.3, -0.25) is 5.43 Å². The second-order valence-corrected chi connectivity index (χ2v) is 8.43. The lowest BCUT2D eigenvalue weighted by molar-refractivity contribution is 0.0250. The van der Waals surface area contributed by atoms with Crippen LogP contribution < -0.4 is 15.1 Å². The minimum atomic E-state index is -0.975. The van der Waals surface area contributed by atoms with E-state index in [1.807, 2.05) is 6.07 Å². The maximum atomic E-state index is 9.98. The Morgan fingerprint density at radius 1 is 1.20 bits per heavy atom. The quantitative estimate of drug-likeness (QED) is 0.706. The molecule has 1 saturated heterocycles. The van der Waals surface area contributed by atoms with Gasteiger partial charge >= 0.3 is 6.01 Å². The van der Waals surface area contributed by atoms with Crippen LogP contribution in [0.4, 0.5) is 11.6 Å². The first-order chi connectivity index (χ1) is 14.4. The number of aliphatic hydroxyl groups is 1. The van der Waals surface area contributed by atoms with Crippen molar-refractivity contribution in [3.63, 3.8) is 0 Å². The molecule has 8 heteroatoms. The molecule has 0 atom stereocenters. The van der Waals surface area contributed by atoms with E-state index in [-0.39, 0.29) is 12.6 Å². The predicted octanol–water partition coefficient (Wildman–Crippen LogP) is 2.53. The summed E-state index contributed by atoms with van der Waals surface area (Å²) in [6, 6.07) is 8.59. The molecular formula is C22H29N5O3. The molecule has 1 aliphatic heterocycles. The van der Waals surface area contributed by atoms with Crippen molar-refractivity contribution in [3.05, 3.63) is 41.0 Å². The lowest BCUT2D eigenvalue weighted by atomic mass is 10.1. The fraction of sp³-hybridized carbons (Fsp3) is 0.500. The van der Waals surface area contributed by atoms with E-state index in [1.54, 1.807) is 13.8 Å². The summed E-state index contributed by atoms with van der Waals surface area (Å²) in [5.74, 6) is 1.32. The van der Waals surface area contributed by atoms with Gasteiger partial charge in [0.1, 0.15) is 12.4 Å². The Kier molecular flexibility index (Phi) is 5.87. The number of fused-ring (bicyclic) bond motifs is 1. The maximum absolute atomic E-state index is 9.98. The fourth-order valence-corrected chi connectivity index (χ4v) is 3.54. The van der Waals surface area contributed by atoms with Gasteiger partial charge < -0.3 is 19.5 Å². The number of nitrogens with zero attached hydrogens (tertiary/aromatic N) is 4. The molecular weight excluding hydrogens is 382 g/mol. The van der Waals surface area contributed by atoms with Gasteiger partial charge in [-0.1, -0.05) is 17.7 Å². The Labute approximate surface area is 176 Å². The molecule has 4 rings (SSSR count). The van der Waals surface area contributed by atoms with Crippen molar-refractivity contribution in [3.8, 4) is 6.01 Å². The molecule has 1 aromatic carbocycles. The molecule has 0 saturated carbocycles. The van der Waals surface area contributed by atoms with Gasteiger partial charge in [-0.2, -0.15) is 15.1 Å². The zero-order chi connectivity index (χ0) is 21.1. The van der Waals surface area contributed by atoms with E-state index < -0.39 is 5.60 Å². The van der Waals surface area contributed by atoms with Gasteiger partial charge in [0, 0.05) is 24.7 Å². The molecule has 0 radical (unpaired) electrons. The monoisotopic (exact) mass is 411 g/mol. The fourth-order valence-electron chi connectivity index (χ4n) is 3.54. The lowest BCUT2D eigenvalue weighted by Crippen LogP contribution is -2.37. The molecule has 1 aromatic heterocycles. The average Bonchev–Trinajstić information content (AvgIpc) is 3.13. The standard InChI is InChI=1S/C22H29N5O3/c1-15-4-5-16-6-7-18(17(16)12-15)25-26-19-13-20(27-8-10-29-11-9-27)24-21(23-19)30-14-22(2,3)28/h4-5,12-13,28H,6-11,14H2,1-3H3,(H,23,24,26). The number of hydrogen-bond donors (Lipinski definition) is 2. The topological polar surface area (TPSA) is 92.1 Å². The van der Waals surface area contributed by atoms with Gasteiger partial charge in [0.2, 0.25) is 0 Å². The zero-order valence-electron chi connectivity index (χ0n) is 17.8. The van der Waals surface area contributed by atoms with E-state index in [2.05, 4.69) is 50.5 Å². The molecule has 2 N–H and O–H groups in total. The smallest absolute Gasteiger partial charge is 0.320 e. The van der Waals surface area contributed by atoms with Gasteiger partial charge in [0.05, 0.1) is 24.5 Å². The number of benzene rings is 1. The van der Waals surface area contributed by atoms with Crippen LogP contribution in [0.2, 0.25) is 0 Å². The number of ether oxygens (including phenoxy) is 2. The van der Waals surface area contributed by atoms with E-state index >= 15 is 0 Å². The van der Waals surface area contributed by atoms with Gasteiger partial charge in [-0.05, 0) is 45.2 Å². The first-order valence-corrected chi connectivity index (χ1v) is 10.4. The molecule has 0 spiro atoms. The van der Waals surface area contributed by atoms with Crippen LogP contribution >= 0.6 is 0 Å². The van der Waals surface area contributed by atoms with Crippen LogP contribution in [-0.2, 0) is 11.2 Å². The molecule has 2 aromatic rings. The van der Waals surface area contributed by atoms with E-state index in [1.165, 1.54) is 16.7 Å². The minimum absolute atomic E-state index is 0.0974. The molecule has 8 nitrogen and oxygen atoms in total. The Hall–Kier alpha value is -2.71. The normalized spacial score (nSPS) is 17.9. The highest BCUT2D eigenvalue weighted by Crippen LogP contribution is 2.25. The summed E-state index contributed by atoms with van der Waals surface area (Å²) < 4.78 is 11.1. The molecule has 0 unspecified atom stereocenters. The molecule has 30 heavy (non-hydrogen) atoms. The van der Waals surface area contributed by atoms with E-state index in [0.29, 0.717) is 19.0 Å². The van der Waals surface area contributed by atoms with Crippen LogP contribution in [0.3, 0.4) is 0 Å². The third kappa shape index (κ3) is 5.06. The van der Waals surface area contributed by atoms with Gasteiger partial charge in [-0.15, -0.1) is 0 Å². The number of aromatic nitrogens is 2. The highest BCUT2D eigenvalue weighted by Gasteiger charge is 2.20. The van der Waals surface area contributed by atoms with E-state index in [9.17, 15) is 5.11 Å². The van der Waals surface area contributed by atoms with Crippen molar-refractivity contribution in [1.29, 1.82) is 0 Å². The van der Waals surface area contributed by atoms with Crippen LogP contribution in [0.15, 0.2) is 29.4 Å². The Bertz CT molecular complexity index is 933. The number of anilines is 2. The summed E-state index contributed by atoms with van der Waals surface area (Å²) in [6.07, 6.45) is 1.90. The molecule has 2 heterocycles. The zero-order valence-corrected chi connectivity index (χ0v) is 17.8. The van der Waals surface area contributed by atoms with Crippen LogP contribution in [-0.4, -0.2) is 59.3 Å². The maximum Gasteiger partial charge on any atom is 0.320 e. The number of aryl methyl sites for hydroxylation is 2. The Morgan fingerprint density at radius 2 is 2.00 bits per heavy atom. The molecule has 2 aliphatic rings. The van der Waals surface area contributed by atoms with Crippen LogP contribution in [0.1, 0.15) is 37.0 Å². The van der Waals surface area contributed by atoms with Crippen LogP contribution in [0, 0.1) is 6.92 Å². The SMILES string of the molecule is Cc1ccc2c(c1)C(=NNc1cc(N3CCOCC3)nc(OCC(C)(C)O)n1)CC2. The number of morpholine rings is 1. The summed E-state index contributed by atoms with van der Waals surface area (Å²) in [5, 5.41) is 14.6. The Morgan fingerprint density at radius 3 is 2.77 bits per heavy atom. The van der Waals surface area contributed by atoms with Crippen molar-refractivity contribution in [1.82, 2.24) is 9.97 Å². The van der Waals surface area contributed by atoms with Crippen molar-refractivity contribution in [2.45, 2.75) is 39.2 Å². The lowest BCUT2D eigenvalue weighted by Gasteiger charge is -2.28. The predicted molar refractivity (Wildman–Crippen MR) is 117 cm³/mol. The van der Waals surface area contributed by atoms with E-state index in [4.69, 9.17) is 9.47 Å². The summed E-state index contributed by atoms with van der Waals surface area (Å²) in [6.45, 7) is 8.38. The number of rotatable bonds is 6. The number of hydrogen-bond acceptors (Lipinski definition) is 8. The summed E-state index contributed by atoms with van der Waals surface area (Å²) in [4.78, 5) is 11.1. The highest BCUT2D eigenvalue weighted by molar-refractivity contribution is 6.04. The second kappa shape index (κ2) is 8.57. The largest absolute Gasteiger partial charge is 0.460 e. The molecule has 1 fully saturated rings. The summed E-state index contributed by atoms with van der Waals surface area (Å²) in [5.41, 5.74) is 6.90. The summed E-state index contributed by atoms with van der Waals surface area (Å²) >= 11 is 0.